The van der Waals surface area contributed by atoms with E-state index in [0.717, 1.165) is 0 Å². The molecule has 0 aliphatic carbocycles. The van der Waals surface area contributed by atoms with Gasteiger partial charge < -0.3 is 19.9 Å². The third-order valence-corrected chi connectivity index (χ3v) is 3.10. The van der Waals surface area contributed by atoms with E-state index >= 15 is 0 Å². The molecule has 0 radical (unpaired) electrons. The molecule has 5 heteroatoms. The minimum absolute atomic E-state index is 0.0862. The van der Waals surface area contributed by atoms with Crippen LogP contribution in [0, 0.1) is 0 Å². The molecule has 2 aromatic carbocycles. The Morgan fingerprint density at radius 2 is 1.90 bits per heavy atom. The Balaban J connectivity index is 2.19. The Morgan fingerprint density at radius 1 is 1.14 bits per heavy atom. The van der Waals surface area contributed by atoms with Crippen molar-refractivity contribution in [1.29, 1.82) is 0 Å². The van der Waals surface area contributed by atoms with Gasteiger partial charge in [-0.1, -0.05) is 24.3 Å². The van der Waals surface area contributed by atoms with E-state index in [9.17, 15) is 9.90 Å². The Kier molecular flexibility index (Phi) is 4.66. The molecule has 2 N–H and O–H groups in total. The van der Waals surface area contributed by atoms with Crippen molar-refractivity contribution in [1.82, 2.24) is 0 Å². The summed E-state index contributed by atoms with van der Waals surface area (Å²) in [7, 11) is 2.84. The van der Waals surface area contributed by atoms with Gasteiger partial charge in [0.05, 0.1) is 19.8 Å². The number of ether oxygens (including phenoxy) is 2. The molecule has 0 amide bonds. The van der Waals surface area contributed by atoms with Gasteiger partial charge in [-0.2, -0.15) is 0 Å². The first-order valence-electron chi connectivity index (χ1n) is 6.43. The number of carbonyl (C=O) groups is 1. The zero-order valence-electron chi connectivity index (χ0n) is 11.9. The standard InChI is InChI=1S/C16H17NO4/c1-20-14-9-5-6-11(15(14)18)10-17-13-8-4-3-7-12(13)16(19)21-2/h3-9,17-18H,10H2,1-2H3. The zero-order chi connectivity index (χ0) is 15.2. The molecule has 5 nitrogen and oxygen atoms in total. The summed E-state index contributed by atoms with van der Waals surface area (Å²) in [5.41, 5.74) is 1.77. The number of hydrogen-bond donors (Lipinski definition) is 2. The number of hydrogen-bond acceptors (Lipinski definition) is 5. The molecule has 2 rings (SSSR count). The number of esters is 1. The molecule has 0 atom stereocenters. The lowest BCUT2D eigenvalue weighted by Crippen LogP contribution is -2.08. The van der Waals surface area contributed by atoms with Gasteiger partial charge in [-0.05, 0) is 18.2 Å². The van der Waals surface area contributed by atoms with Crippen LogP contribution in [0.15, 0.2) is 42.5 Å². The van der Waals surface area contributed by atoms with Crippen LogP contribution in [0.3, 0.4) is 0 Å². The second kappa shape index (κ2) is 6.65. The molecule has 0 saturated carbocycles. The number of nitrogens with one attached hydrogen (secondary N) is 1. The van der Waals surface area contributed by atoms with Crippen molar-refractivity contribution in [3.63, 3.8) is 0 Å². The monoisotopic (exact) mass is 287 g/mol. The normalized spacial score (nSPS) is 10.0. The number of methoxy groups -OCH3 is 2. The summed E-state index contributed by atoms with van der Waals surface area (Å²) in [6, 6.07) is 12.3. The highest BCUT2D eigenvalue weighted by Gasteiger charge is 2.12. The van der Waals surface area contributed by atoms with Crippen molar-refractivity contribution in [2.45, 2.75) is 6.54 Å². The maximum atomic E-state index is 11.7. The fourth-order valence-electron chi connectivity index (χ4n) is 1.99. The fourth-order valence-corrected chi connectivity index (χ4v) is 1.99. The molecule has 21 heavy (non-hydrogen) atoms. The minimum atomic E-state index is -0.409. The third kappa shape index (κ3) is 3.25. The largest absolute Gasteiger partial charge is 0.504 e. The van der Waals surface area contributed by atoms with Crippen molar-refractivity contribution in [3.8, 4) is 11.5 Å². The number of carbonyl (C=O) groups excluding carboxylic acids is 1. The van der Waals surface area contributed by atoms with Gasteiger partial charge in [-0.3, -0.25) is 0 Å². The van der Waals surface area contributed by atoms with Crippen LogP contribution in [0.4, 0.5) is 5.69 Å². The predicted octanol–water partition coefficient (Wildman–Crippen LogP) is 2.80. The summed E-state index contributed by atoms with van der Waals surface area (Å²) in [5, 5.41) is 13.2. The Labute approximate surface area is 123 Å². The number of rotatable bonds is 5. The average Bonchev–Trinajstić information content (AvgIpc) is 2.53. The number of aromatic hydroxyl groups is 1. The quantitative estimate of drug-likeness (QED) is 0.828. The number of para-hydroxylation sites is 2. The van der Waals surface area contributed by atoms with Crippen molar-refractivity contribution in [3.05, 3.63) is 53.6 Å². The van der Waals surface area contributed by atoms with Crippen molar-refractivity contribution >= 4 is 11.7 Å². The molecule has 0 aromatic heterocycles. The van der Waals surface area contributed by atoms with Crippen LogP contribution in [0.25, 0.3) is 0 Å². The maximum absolute atomic E-state index is 11.7. The van der Waals surface area contributed by atoms with E-state index in [1.165, 1.54) is 14.2 Å². The first-order valence-corrected chi connectivity index (χ1v) is 6.43. The number of phenols is 1. The molecule has 0 fully saturated rings. The summed E-state index contributed by atoms with van der Waals surface area (Å²) < 4.78 is 9.81. The van der Waals surface area contributed by atoms with E-state index < -0.39 is 5.97 Å². The second-order valence-corrected chi connectivity index (χ2v) is 4.36. The molecule has 110 valence electrons. The molecule has 0 heterocycles. The summed E-state index contributed by atoms with van der Waals surface area (Å²) in [6.07, 6.45) is 0. The highest BCUT2D eigenvalue weighted by molar-refractivity contribution is 5.95. The average molecular weight is 287 g/mol. The zero-order valence-corrected chi connectivity index (χ0v) is 11.9. The molecule has 0 aliphatic heterocycles. The summed E-state index contributed by atoms with van der Waals surface area (Å²) >= 11 is 0. The molecular weight excluding hydrogens is 270 g/mol. The summed E-state index contributed by atoms with van der Waals surface area (Å²) in [6.45, 7) is 0.358. The number of benzene rings is 2. The lowest BCUT2D eigenvalue weighted by Gasteiger charge is -2.12. The molecule has 0 unspecified atom stereocenters. The molecule has 0 aliphatic rings. The third-order valence-electron chi connectivity index (χ3n) is 3.10. The first-order chi connectivity index (χ1) is 10.2. The molecule has 0 spiro atoms. The van der Waals surface area contributed by atoms with Crippen molar-refractivity contribution in [2.75, 3.05) is 19.5 Å². The van der Waals surface area contributed by atoms with Crippen molar-refractivity contribution < 1.29 is 19.4 Å². The Bertz CT molecular complexity index is 640. The van der Waals surface area contributed by atoms with Gasteiger partial charge in [-0.25, -0.2) is 4.79 Å². The second-order valence-electron chi connectivity index (χ2n) is 4.36. The van der Waals surface area contributed by atoms with Crippen LogP contribution >= 0.6 is 0 Å². The van der Waals surface area contributed by atoms with Crippen LogP contribution in [-0.2, 0) is 11.3 Å². The van der Waals surface area contributed by atoms with Crippen LogP contribution < -0.4 is 10.1 Å². The number of anilines is 1. The number of phenolic OH excluding ortho intramolecular Hbond substituents is 1. The molecule has 0 saturated heterocycles. The van der Waals surface area contributed by atoms with Gasteiger partial charge in [0.15, 0.2) is 11.5 Å². The highest BCUT2D eigenvalue weighted by atomic mass is 16.5. The lowest BCUT2D eigenvalue weighted by atomic mass is 10.1. The highest BCUT2D eigenvalue weighted by Crippen LogP contribution is 2.30. The van der Waals surface area contributed by atoms with E-state index in [1.54, 1.807) is 36.4 Å². The van der Waals surface area contributed by atoms with Crippen LogP contribution in [0.1, 0.15) is 15.9 Å². The van der Waals surface area contributed by atoms with Crippen LogP contribution in [0.5, 0.6) is 11.5 Å². The SMILES string of the molecule is COC(=O)c1ccccc1NCc1cccc(OC)c1O. The van der Waals surface area contributed by atoms with E-state index in [1.807, 2.05) is 6.07 Å². The van der Waals surface area contributed by atoms with Gasteiger partial charge in [0.25, 0.3) is 0 Å². The first kappa shape index (κ1) is 14.7. The van der Waals surface area contributed by atoms with E-state index in [2.05, 4.69) is 5.32 Å². The van der Waals surface area contributed by atoms with E-state index in [-0.39, 0.29) is 5.75 Å². The topological polar surface area (TPSA) is 67.8 Å². The summed E-state index contributed by atoms with van der Waals surface area (Å²) in [5.74, 6) is 0.0894. The van der Waals surface area contributed by atoms with Crippen molar-refractivity contribution in [2.24, 2.45) is 0 Å². The van der Waals surface area contributed by atoms with Crippen LogP contribution in [-0.4, -0.2) is 25.3 Å². The van der Waals surface area contributed by atoms with Crippen LogP contribution in [0.2, 0.25) is 0 Å². The minimum Gasteiger partial charge on any atom is -0.504 e. The molecular formula is C16H17NO4. The Hall–Kier alpha value is -2.69. The smallest absolute Gasteiger partial charge is 0.339 e. The van der Waals surface area contributed by atoms with Gasteiger partial charge in [0.2, 0.25) is 0 Å². The Morgan fingerprint density at radius 3 is 2.62 bits per heavy atom. The predicted molar refractivity (Wildman–Crippen MR) is 79.8 cm³/mol. The van der Waals surface area contributed by atoms with Gasteiger partial charge in [0.1, 0.15) is 0 Å². The lowest BCUT2D eigenvalue weighted by molar-refractivity contribution is 0.0602. The summed E-state index contributed by atoms with van der Waals surface area (Å²) in [4.78, 5) is 11.7. The maximum Gasteiger partial charge on any atom is 0.339 e. The molecule has 0 bridgehead atoms. The van der Waals surface area contributed by atoms with E-state index in [4.69, 9.17) is 9.47 Å². The van der Waals surface area contributed by atoms with E-state index in [0.29, 0.717) is 29.1 Å². The van der Waals surface area contributed by atoms with Gasteiger partial charge >= 0.3 is 5.97 Å². The molecule has 2 aromatic rings. The van der Waals surface area contributed by atoms with Gasteiger partial charge in [-0.15, -0.1) is 0 Å². The fraction of sp³-hybridized carbons (Fsp3) is 0.188. The van der Waals surface area contributed by atoms with Gasteiger partial charge in [0, 0.05) is 17.8 Å².